The first kappa shape index (κ1) is 23.3. The van der Waals surface area contributed by atoms with Gasteiger partial charge in [0.25, 0.3) is 0 Å². The molecule has 182 valence electrons. The van der Waals surface area contributed by atoms with Crippen LogP contribution < -0.4 is 4.90 Å². The van der Waals surface area contributed by atoms with Crippen molar-refractivity contribution in [1.82, 2.24) is 4.90 Å². The Morgan fingerprint density at radius 2 is 1.76 bits per heavy atom. The Hall–Kier alpha value is -2.43. The van der Waals surface area contributed by atoms with Crippen molar-refractivity contribution < 1.29 is 9.59 Å². The number of rotatable bonds is 3. The molecule has 1 amide bonds. The van der Waals surface area contributed by atoms with Crippen molar-refractivity contribution in [2.75, 3.05) is 26.0 Å². The maximum Gasteiger partial charge on any atom is 0.222 e. The van der Waals surface area contributed by atoms with Crippen molar-refractivity contribution in [3.05, 3.63) is 35.9 Å². The quantitative estimate of drug-likeness (QED) is 0.446. The van der Waals surface area contributed by atoms with Gasteiger partial charge in [-0.05, 0) is 91.0 Å². The number of fused-ring (bicyclic) bond motifs is 5. The van der Waals surface area contributed by atoms with E-state index in [4.69, 9.17) is 0 Å². The lowest BCUT2D eigenvalue weighted by atomic mass is 9.47. The number of amides is 1. The van der Waals surface area contributed by atoms with E-state index >= 15 is 0 Å². The molecule has 0 spiro atoms. The monoisotopic (exact) mass is 461 g/mol. The standard InChI is InChI=1S/C29H39N3O2/c1-28-15-12-22-21(10-11-26-29(22,2)16-13-27(34)32(26)5)24(28)18-25(33)23(28)14-17-30-19-6-8-20(9-7-19)31(3)4/h6-9,14,17,21-22,24,26H,10-13,15-16,18H2,1-5H3/b23-14+,30-17?/t21-,22+,24+,26-,28-,29-/m1/s1. The highest BCUT2D eigenvalue weighted by Gasteiger charge is 2.61. The molecule has 0 aromatic heterocycles. The fourth-order valence-corrected chi connectivity index (χ4v) is 8.13. The summed E-state index contributed by atoms with van der Waals surface area (Å²) in [4.78, 5) is 34.4. The molecule has 4 aliphatic rings. The second-order valence-corrected chi connectivity index (χ2v) is 11.8. The topological polar surface area (TPSA) is 53.0 Å². The van der Waals surface area contributed by atoms with E-state index in [1.165, 1.54) is 0 Å². The van der Waals surface area contributed by atoms with E-state index in [1.54, 1.807) is 0 Å². The average molecular weight is 462 g/mol. The van der Waals surface area contributed by atoms with Gasteiger partial charge in [0.05, 0.1) is 5.69 Å². The molecule has 3 saturated carbocycles. The number of carbonyl (C=O) groups excluding carboxylic acids is 2. The largest absolute Gasteiger partial charge is 0.378 e. The van der Waals surface area contributed by atoms with Crippen LogP contribution in [-0.4, -0.2) is 50.0 Å². The minimum atomic E-state index is -0.0569. The summed E-state index contributed by atoms with van der Waals surface area (Å²) in [7, 11) is 6.06. The molecule has 5 nitrogen and oxygen atoms in total. The van der Waals surface area contributed by atoms with Gasteiger partial charge in [-0.15, -0.1) is 0 Å². The van der Waals surface area contributed by atoms with Gasteiger partial charge < -0.3 is 9.80 Å². The summed E-state index contributed by atoms with van der Waals surface area (Å²) in [5.41, 5.74) is 3.15. The molecule has 4 fully saturated rings. The summed E-state index contributed by atoms with van der Waals surface area (Å²) in [5.74, 6) is 2.21. The molecule has 3 aliphatic carbocycles. The number of allylic oxidation sites excluding steroid dienone is 2. The lowest BCUT2D eigenvalue weighted by molar-refractivity contribution is -0.156. The van der Waals surface area contributed by atoms with Gasteiger partial charge in [0, 0.05) is 57.5 Å². The van der Waals surface area contributed by atoms with Crippen LogP contribution in [0, 0.1) is 28.6 Å². The summed E-state index contributed by atoms with van der Waals surface area (Å²) in [5, 5.41) is 0. The van der Waals surface area contributed by atoms with Crippen molar-refractivity contribution in [3.8, 4) is 0 Å². The lowest BCUT2D eigenvalue weighted by Gasteiger charge is -2.61. The van der Waals surface area contributed by atoms with Crippen molar-refractivity contribution >= 4 is 29.3 Å². The summed E-state index contributed by atoms with van der Waals surface area (Å²) in [6.45, 7) is 4.76. The van der Waals surface area contributed by atoms with Crippen LogP contribution in [0.5, 0.6) is 0 Å². The van der Waals surface area contributed by atoms with E-state index in [0.717, 1.165) is 49.1 Å². The molecule has 1 heterocycles. The van der Waals surface area contributed by atoms with Gasteiger partial charge in [-0.25, -0.2) is 0 Å². The Kier molecular flexibility index (Phi) is 5.73. The number of aliphatic imine (C=N–C) groups is 1. The molecule has 1 aliphatic heterocycles. The van der Waals surface area contributed by atoms with Gasteiger partial charge in [0.1, 0.15) is 0 Å². The maximum absolute atomic E-state index is 13.3. The van der Waals surface area contributed by atoms with Crippen molar-refractivity contribution in [1.29, 1.82) is 0 Å². The molecule has 1 aromatic rings. The molecule has 5 heteroatoms. The Labute approximate surface area is 204 Å². The van der Waals surface area contributed by atoms with E-state index in [1.807, 2.05) is 50.5 Å². The molecule has 0 radical (unpaired) electrons. The molecule has 34 heavy (non-hydrogen) atoms. The molecule has 1 saturated heterocycles. The van der Waals surface area contributed by atoms with Crippen LogP contribution in [0.4, 0.5) is 11.4 Å². The Morgan fingerprint density at radius 3 is 2.47 bits per heavy atom. The number of hydrogen-bond acceptors (Lipinski definition) is 4. The molecule has 1 aromatic carbocycles. The molecule has 0 bridgehead atoms. The lowest BCUT2D eigenvalue weighted by Crippen LogP contribution is -2.61. The summed E-state index contributed by atoms with van der Waals surface area (Å²) < 4.78 is 0. The fraction of sp³-hybridized carbons (Fsp3) is 0.621. The number of hydrogen-bond donors (Lipinski definition) is 0. The normalized spacial score (nSPS) is 38.7. The van der Waals surface area contributed by atoms with Crippen molar-refractivity contribution in [3.63, 3.8) is 0 Å². The molecule has 5 rings (SSSR count). The Balaban J connectivity index is 1.37. The SMILES string of the molecule is CN(C)c1ccc(N=C/C=C2\C(=O)C[C@H]3[C@@H]4CC[C@H]5N(C)C(=O)CC[C@]5(C)[C@H]4CC[C@]23C)cc1. The van der Waals surface area contributed by atoms with Crippen LogP contribution in [0.15, 0.2) is 40.9 Å². The number of nitrogens with zero attached hydrogens (tertiary/aromatic N) is 3. The van der Waals surface area contributed by atoms with Crippen LogP contribution in [0.25, 0.3) is 0 Å². The zero-order valence-corrected chi connectivity index (χ0v) is 21.4. The zero-order valence-electron chi connectivity index (χ0n) is 21.4. The Bertz CT molecular complexity index is 1040. The molecular formula is C29H39N3O2. The van der Waals surface area contributed by atoms with Crippen molar-refractivity contribution in [2.45, 2.75) is 64.8 Å². The number of Topliss-reactive ketones (excluding diaryl/α,β-unsaturated/α-hetero) is 1. The number of benzene rings is 1. The summed E-state index contributed by atoms with van der Waals surface area (Å²) >= 11 is 0. The van der Waals surface area contributed by atoms with Gasteiger partial charge in [-0.3, -0.25) is 14.6 Å². The molecule has 6 atom stereocenters. The Morgan fingerprint density at radius 1 is 1.03 bits per heavy atom. The van der Waals surface area contributed by atoms with Crippen LogP contribution in [0.2, 0.25) is 0 Å². The number of ketones is 1. The third kappa shape index (κ3) is 3.54. The minimum absolute atomic E-state index is 0.0569. The zero-order chi connectivity index (χ0) is 24.3. The number of piperidine rings is 1. The fourth-order valence-electron chi connectivity index (χ4n) is 8.13. The van der Waals surface area contributed by atoms with Crippen molar-refractivity contribution in [2.24, 2.45) is 33.6 Å². The van der Waals surface area contributed by atoms with Gasteiger partial charge in [-0.2, -0.15) is 0 Å². The number of likely N-dealkylation sites (tertiary alicyclic amines) is 1. The van der Waals surface area contributed by atoms with Gasteiger partial charge >= 0.3 is 0 Å². The summed E-state index contributed by atoms with van der Waals surface area (Å²) in [6, 6.07) is 8.51. The number of carbonyl (C=O) groups is 2. The van der Waals surface area contributed by atoms with E-state index < -0.39 is 0 Å². The van der Waals surface area contributed by atoms with E-state index in [-0.39, 0.29) is 10.8 Å². The highest BCUT2D eigenvalue weighted by molar-refractivity contribution is 6.03. The van der Waals surface area contributed by atoms with E-state index in [2.05, 4.69) is 35.9 Å². The van der Waals surface area contributed by atoms with E-state index in [0.29, 0.717) is 48.3 Å². The second-order valence-electron chi connectivity index (χ2n) is 11.8. The van der Waals surface area contributed by atoms with E-state index in [9.17, 15) is 9.59 Å². The van der Waals surface area contributed by atoms with Gasteiger partial charge in [-0.1, -0.05) is 13.8 Å². The van der Waals surface area contributed by atoms with Crippen LogP contribution >= 0.6 is 0 Å². The van der Waals surface area contributed by atoms with Gasteiger partial charge in [0.15, 0.2) is 5.78 Å². The predicted octanol–water partition coefficient (Wildman–Crippen LogP) is 5.42. The first-order chi connectivity index (χ1) is 16.1. The molecule has 0 unspecified atom stereocenters. The van der Waals surface area contributed by atoms with Gasteiger partial charge in [0.2, 0.25) is 5.91 Å². The first-order valence-corrected chi connectivity index (χ1v) is 13.0. The van der Waals surface area contributed by atoms with Crippen LogP contribution in [0.1, 0.15) is 58.8 Å². The second kappa shape index (κ2) is 8.35. The first-order valence-electron chi connectivity index (χ1n) is 13.0. The third-order valence-electron chi connectivity index (χ3n) is 10.1. The van der Waals surface area contributed by atoms with Crippen LogP contribution in [-0.2, 0) is 9.59 Å². The highest BCUT2D eigenvalue weighted by atomic mass is 16.2. The summed E-state index contributed by atoms with van der Waals surface area (Å²) in [6.07, 6.45) is 10.6. The smallest absolute Gasteiger partial charge is 0.222 e. The number of anilines is 1. The average Bonchev–Trinajstić information content (AvgIpc) is 3.07. The molecular weight excluding hydrogens is 422 g/mol. The van der Waals surface area contributed by atoms with Crippen LogP contribution in [0.3, 0.4) is 0 Å². The third-order valence-corrected chi connectivity index (χ3v) is 10.1. The maximum atomic E-state index is 13.3. The highest BCUT2D eigenvalue weighted by Crippen LogP contribution is 2.65. The minimum Gasteiger partial charge on any atom is -0.378 e. The molecule has 0 N–H and O–H groups in total. The predicted molar refractivity (Wildman–Crippen MR) is 138 cm³/mol.